The Morgan fingerprint density at radius 1 is 1.29 bits per heavy atom. The minimum Gasteiger partial charge on any atom is -0.183 e. The number of nitrogens with zero attached hydrogens (tertiary/aromatic N) is 3. The fourth-order valence-corrected chi connectivity index (χ4v) is 2.07. The molecule has 0 bridgehead atoms. The third kappa shape index (κ3) is 4.86. The van der Waals surface area contributed by atoms with E-state index < -0.39 is 10.2 Å². The molecule has 0 saturated heterocycles. The van der Waals surface area contributed by atoms with E-state index in [1.165, 1.54) is 0 Å². The van der Waals surface area contributed by atoms with Gasteiger partial charge in [0.1, 0.15) is 10.7 Å². The van der Waals surface area contributed by atoms with Crippen LogP contribution in [0.4, 0.5) is 0 Å². The Kier molecular flexibility index (Phi) is 4.31. The summed E-state index contributed by atoms with van der Waals surface area (Å²) in [5, 5.41) is 5.38. The van der Waals surface area contributed by atoms with Crippen molar-refractivity contribution in [1.82, 2.24) is 10.1 Å². The molecular formula is C8H11ClN3O4S+. The molecule has 0 aliphatic carbocycles. The smallest absolute Gasteiger partial charge is 0.183 e. The van der Waals surface area contributed by atoms with Gasteiger partial charge in [0.15, 0.2) is 5.69 Å². The maximum absolute atomic E-state index is 8.60. The van der Waals surface area contributed by atoms with Crippen LogP contribution < -0.4 is 18.5 Å². The number of fused-ring (bicyclic) bond motifs is 1. The minimum atomic E-state index is -4.69. The Balaban J connectivity index is 0.000000249. The van der Waals surface area contributed by atoms with Gasteiger partial charge in [0, 0.05) is 19.9 Å². The van der Waals surface area contributed by atoms with Gasteiger partial charge in [-0.25, -0.2) is 0 Å². The maximum Gasteiger partial charge on any atom is 0.409 e. The average Bonchev–Trinajstić information content (AvgIpc) is 2.42. The Hall–Kier alpha value is -0.900. The van der Waals surface area contributed by atoms with E-state index in [2.05, 4.69) is 10.1 Å². The van der Waals surface area contributed by atoms with Crippen LogP contribution in [0, 0.1) is 31.0 Å². The van der Waals surface area contributed by atoms with Crippen LogP contribution in [0.5, 0.6) is 0 Å². The summed E-state index contributed by atoms with van der Waals surface area (Å²) < 4.78 is 34.6. The van der Waals surface area contributed by atoms with Crippen molar-refractivity contribution in [2.24, 2.45) is 0 Å². The summed E-state index contributed by atoms with van der Waals surface area (Å²) in [4.78, 5) is 5.35. The van der Waals surface area contributed by atoms with E-state index in [-0.39, 0.29) is 0 Å². The van der Waals surface area contributed by atoms with Gasteiger partial charge in [-0.05, 0) is 23.2 Å². The van der Waals surface area contributed by atoms with Crippen LogP contribution in [0.25, 0.3) is 4.96 Å². The molecule has 0 amide bonds. The molecule has 0 spiro atoms. The number of aromatic nitrogens is 3. The molecule has 2 aromatic heterocycles. The normalized spacial score (nSPS) is 11.2. The lowest BCUT2D eigenvalue weighted by Crippen LogP contribution is -2.58. The van der Waals surface area contributed by atoms with Crippen molar-refractivity contribution in [3.63, 3.8) is 0 Å². The highest BCUT2D eigenvalue weighted by Crippen LogP contribution is 2.07. The van der Waals surface area contributed by atoms with Crippen LogP contribution in [-0.4, -0.2) is 14.7 Å². The zero-order chi connectivity index (χ0) is 13.2. The van der Waals surface area contributed by atoms with Gasteiger partial charge in [0.05, 0.1) is 14.9 Å². The summed E-state index contributed by atoms with van der Waals surface area (Å²) >= 11 is 1.62. The number of rotatable bonds is 0. The number of aryl methyl sites for hydroxylation is 3. The average molecular weight is 281 g/mol. The van der Waals surface area contributed by atoms with E-state index in [0.717, 1.165) is 21.4 Å². The van der Waals surface area contributed by atoms with Gasteiger partial charge in [-0.3, -0.25) is 0 Å². The second kappa shape index (κ2) is 5.17. The third-order valence-corrected chi connectivity index (χ3v) is 2.51. The lowest BCUT2D eigenvalue weighted by atomic mass is 10.4. The Morgan fingerprint density at radius 3 is 2.35 bits per heavy atom. The van der Waals surface area contributed by atoms with Crippen molar-refractivity contribution in [3.05, 3.63) is 22.5 Å². The van der Waals surface area contributed by atoms with E-state index in [4.69, 9.17) is 18.6 Å². The van der Waals surface area contributed by atoms with Crippen molar-refractivity contribution in [2.75, 3.05) is 0 Å². The Labute approximate surface area is 103 Å². The second-order valence-corrected chi connectivity index (χ2v) is 5.20. The topological polar surface area (TPSA) is 119 Å². The minimum absolute atomic E-state index is 0.977. The maximum atomic E-state index is 8.60. The molecule has 0 aliphatic rings. The van der Waals surface area contributed by atoms with Gasteiger partial charge in [0.25, 0.3) is 0 Å². The fourth-order valence-electron chi connectivity index (χ4n) is 1.23. The van der Waals surface area contributed by atoms with E-state index >= 15 is 0 Å². The molecule has 0 radical (unpaired) electrons. The molecule has 0 atom stereocenters. The molecule has 0 saturated carbocycles. The summed E-state index contributed by atoms with van der Waals surface area (Å²) in [6, 6.07) is 2.03. The monoisotopic (exact) mass is 280 g/mol. The van der Waals surface area contributed by atoms with E-state index in [1.807, 2.05) is 31.4 Å². The molecule has 2 heterocycles. The molecule has 0 fully saturated rings. The molecule has 94 valence electrons. The van der Waals surface area contributed by atoms with Crippen LogP contribution in [0.1, 0.15) is 16.4 Å². The molecule has 17 heavy (non-hydrogen) atoms. The summed E-state index contributed by atoms with van der Waals surface area (Å²) in [5.74, 6) is 0. The summed E-state index contributed by atoms with van der Waals surface area (Å²) in [6.45, 7) is 6.04. The zero-order valence-electron chi connectivity index (χ0n) is 9.38. The summed E-state index contributed by atoms with van der Waals surface area (Å²) in [5.41, 5.74) is 2.19. The highest BCUT2D eigenvalue weighted by atomic mass is 35.7. The van der Waals surface area contributed by atoms with Gasteiger partial charge in [-0.2, -0.15) is 14.0 Å². The van der Waals surface area contributed by atoms with E-state index in [0.29, 0.717) is 0 Å². The van der Waals surface area contributed by atoms with Crippen LogP contribution in [0.2, 0.25) is 0 Å². The molecular weight excluding hydrogens is 270 g/mol. The van der Waals surface area contributed by atoms with Crippen LogP contribution in [0.3, 0.4) is 0 Å². The van der Waals surface area contributed by atoms with Gasteiger partial charge in [-0.1, -0.05) is 9.61 Å². The molecule has 0 aliphatic heterocycles. The van der Waals surface area contributed by atoms with E-state index in [9.17, 15) is 0 Å². The zero-order valence-corrected chi connectivity index (χ0v) is 10.9. The largest absolute Gasteiger partial charge is 0.409 e. The molecule has 0 unspecified atom stereocenters. The molecule has 9 heteroatoms. The fraction of sp³-hybridized carbons (Fsp3) is 0.375. The second-order valence-electron chi connectivity index (χ2n) is 3.25. The SMILES string of the molecule is Cc1cc(C)[n+]2nc(C)sc2n1.[O-][Cl+3]([O-])([O-])O. The molecule has 7 nitrogen and oxygen atoms in total. The molecule has 0 aromatic carbocycles. The van der Waals surface area contributed by atoms with Crippen LogP contribution in [-0.2, 0) is 0 Å². The highest BCUT2D eigenvalue weighted by molar-refractivity contribution is 7.16. The van der Waals surface area contributed by atoms with Crippen LogP contribution >= 0.6 is 11.3 Å². The predicted octanol–water partition coefficient (Wildman–Crippen LogP) is -2.92. The van der Waals surface area contributed by atoms with Gasteiger partial charge < -0.3 is 0 Å². The summed E-state index contributed by atoms with van der Waals surface area (Å²) in [7, 11) is -4.69. The van der Waals surface area contributed by atoms with Gasteiger partial charge in [-0.15, -0.1) is 0 Å². The van der Waals surface area contributed by atoms with Crippen molar-refractivity contribution in [3.8, 4) is 0 Å². The van der Waals surface area contributed by atoms with Gasteiger partial charge in [0.2, 0.25) is 0 Å². The number of hydrogen-bond acceptors (Lipinski definition) is 7. The lowest BCUT2D eigenvalue weighted by Gasteiger charge is -2.03. The standard InChI is InChI=1S/C8H10N3S.ClHO4/c1-5-4-6(2)11-8(9-5)12-7(3)10-11;2-1(3,4)5/h4H,1-3H3;(H,2,3,4,5)/q+1;. The first kappa shape index (κ1) is 14.2. The van der Waals surface area contributed by atoms with Gasteiger partial charge >= 0.3 is 4.96 Å². The Bertz CT molecular complexity index is 519. The highest BCUT2D eigenvalue weighted by Gasteiger charge is 2.13. The van der Waals surface area contributed by atoms with Crippen LogP contribution in [0.15, 0.2) is 6.07 Å². The van der Waals surface area contributed by atoms with Crippen molar-refractivity contribution >= 4 is 16.3 Å². The van der Waals surface area contributed by atoms with Crippen molar-refractivity contribution < 1.29 is 33.4 Å². The number of halogens is 1. The van der Waals surface area contributed by atoms with Crippen molar-refractivity contribution in [2.45, 2.75) is 20.8 Å². The molecule has 2 rings (SSSR count). The first-order valence-electron chi connectivity index (χ1n) is 4.44. The Morgan fingerprint density at radius 2 is 1.82 bits per heavy atom. The molecule has 1 N–H and O–H groups in total. The number of hydrogen-bond donors (Lipinski definition) is 1. The van der Waals surface area contributed by atoms with E-state index in [1.54, 1.807) is 11.3 Å². The molecule has 2 aromatic rings. The summed E-state index contributed by atoms with van der Waals surface area (Å²) in [6.07, 6.45) is 0. The predicted molar refractivity (Wildman–Crippen MR) is 49.5 cm³/mol. The quantitative estimate of drug-likeness (QED) is 0.516. The first-order chi connectivity index (χ1) is 7.66. The first-order valence-corrected chi connectivity index (χ1v) is 6.52. The lowest BCUT2D eigenvalue weighted by molar-refractivity contribution is -1.92. The van der Waals surface area contributed by atoms with Crippen molar-refractivity contribution in [1.29, 1.82) is 0 Å². The third-order valence-electron chi connectivity index (χ3n) is 1.68.